The van der Waals surface area contributed by atoms with Gasteiger partial charge < -0.3 is 10.4 Å². The van der Waals surface area contributed by atoms with Crippen molar-refractivity contribution in [2.75, 3.05) is 0 Å². The number of carbonyl (C=O) groups is 2. The van der Waals surface area contributed by atoms with Crippen LogP contribution in [0.2, 0.25) is 5.02 Å². The second kappa shape index (κ2) is 6.95. The molecule has 0 aromatic heterocycles. The Hall–Kier alpha value is -1.81. The van der Waals surface area contributed by atoms with E-state index >= 15 is 0 Å². The van der Waals surface area contributed by atoms with Crippen LogP contribution in [0.1, 0.15) is 19.4 Å². The molecule has 0 aliphatic carbocycles. The number of aliphatic carboxylic acids is 1. The van der Waals surface area contributed by atoms with Gasteiger partial charge in [-0.25, -0.2) is 4.79 Å². The maximum Gasteiger partial charge on any atom is 0.326 e. The van der Waals surface area contributed by atoms with E-state index < -0.39 is 17.9 Å². The zero-order chi connectivity index (χ0) is 14.4. The molecule has 0 fully saturated rings. The number of carbonyl (C=O) groups excluding carboxylic acids is 1. The van der Waals surface area contributed by atoms with Crippen LogP contribution in [-0.2, 0) is 9.59 Å². The number of carboxylic acids is 1. The normalized spacial score (nSPS) is 12.6. The van der Waals surface area contributed by atoms with E-state index in [9.17, 15) is 9.59 Å². The molecule has 0 unspecified atom stereocenters. The molecule has 0 spiro atoms. The minimum atomic E-state index is -1.05. The summed E-state index contributed by atoms with van der Waals surface area (Å²) in [5.74, 6) is -1.69. The molecular weight excluding hydrogens is 266 g/mol. The Balaban J connectivity index is 2.70. The molecule has 1 rings (SSSR count). The fourth-order valence-corrected chi connectivity index (χ4v) is 1.69. The standard InChI is InChI=1S/C14H16ClNO3/c1-9(2)13(14(18)19)16-12(17)8-7-10-5-3-4-6-11(10)15/h3-9,13H,1-2H3,(H,16,17)(H,18,19)/b8-7+/t13-/m0/s1. The Labute approximate surface area is 117 Å². The summed E-state index contributed by atoms with van der Waals surface area (Å²) in [5, 5.41) is 11.9. The Bertz CT molecular complexity index is 497. The fraction of sp³-hybridized carbons (Fsp3) is 0.286. The van der Waals surface area contributed by atoms with E-state index in [1.54, 1.807) is 44.2 Å². The molecule has 0 heterocycles. The van der Waals surface area contributed by atoms with Gasteiger partial charge in [-0.3, -0.25) is 4.79 Å². The number of rotatable bonds is 5. The Kier molecular flexibility index (Phi) is 5.57. The lowest BCUT2D eigenvalue weighted by atomic mass is 10.0. The predicted octanol–water partition coefficient (Wildman–Crippen LogP) is 2.58. The summed E-state index contributed by atoms with van der Waals surface area (Å²) in [6, 6.07) is 6.18. The first kappa shape index (κ1) is 15.2. The first-order chi connectivity index (χ1) is 8.91. The smallest absolute Gasteiger partial charge is 0.326 e. The highest BCUT2D eigenvalue weighted by molar-refractivity contribution is 6.32. The number of hydrogen-bond donors (Lipinski definition) is 2. The SMILES string of the molecule is CC(C)[C@H](NC(=O)/C=C/c1ccccc1Cl)C(=O)O. The summed E-state index contributed by atoms with van der Waals surface area (Å²) < 4.78 is 0. The molecule has 1 aromatic carbocycles. The molecule has 4 nitrogen and oxygen atoms in total. The van der Waals surface area contributed by atoms with Crippen molar-refractivity contribution >= 4 is 29.6 Å². The molecule has 1 aromatic rings. The van der Waals surface area contributed by atoms with Crippen LogP contribution in [0, 0.1) is 5.92 Å². The van der Waals surface area contributed by atoms with Crippen molar-refractivity contribution in [3.8, 4) is 0 Å². The van der Waals surface area contributed by atoms with Crippen molar-refractivity contribution in [1.82, 2.24) is 5.32 Å². The van der Waals surface area contributed by atoms with Gasteiger partial charge in [0.1, 0.15) is 6.04 Å². The number of carboxylic acid groups (broad SMARTS) is 1. The average Bonchev–Trinajstić information content (AvgIpc) is 2.34. The third kappa shape index (κ3) is 4.75. The van der Waals surface area contributed by atoms with Gasteiger partial charge in [-0.1, -0.05) is 43.6 Å². The van der Waals surface area contributed by atoms with E-state index in [-0.39, 0.29) is 5.92 Å². The third-order valence-corrected chi connectivity index (χ3v) is 2.89. The van der Waals surface area contributed by atoms with Crippen LogP contribution >= 0.6 is 11.6 Å². The van der Waals surface area contributed by atoms with Gasteiger partial charge in [0.05, 0.1) is 0 Å². The summed E-state index contributed by atoms with van der Waals surface area (Å²) in [4.78, 5) is 22.6. The van der Waals surface area contributed by atoms with Crippen LogP contribution in [0.3, 0.4) is 0 Å². The molecular formula is C14H16ClNO3. The van der Waals surface area contributed by atoms with Crippen molar-refractivity contribution in [1.29, 1.82) is 0 Å². The highest BCUT2D eigenvalue weighted by atomic mass is 35.5. The quantitative estimate of drug-likeness (QED) is 0.815. The second-order valence-electron chi connectivity index (χ2n) is 4.42. The van der Waals surface area contributed by atoms with Crippen LogP contribution in [0.25, 0.3) is 6.08 Å². The maximum absolute atomic E-state index is 11.6. The van der Waals surface area contributed by atoms with Crippen molar-refractivity contribution < 1.29 is 14.7 Å². The summed E-state index contributed by atoms with van der Waals surface area (Å²) in [6.45, 7) is 3.47. The Morgan fingerprint density at radius 2 is 1.95 bits per heavy atom. The summed E-state index contributed by atoms with van der Waals surface area (Å²) in [6.07, 6.45) is 2.83. The lowest BCUT2D eigenvalue weighted by Gasteiger charge is -2.16. The van der Waals surface area contributed by atoms with Crippen LogP contribution in [0.15, 0.2) is 30.3 Å². The third-order valence-electron chi connectivity index (χ3n) is 2.55. The fourth-order valence-electron chi connectivity index (χ4n) is 1.49. The van der Waals surface area contributed by atoms with Crippen LogP contribution in [-0.4, -0.2) is 23.0 Å². The van der Waals surface area contributed by atoms with Crippen molar-refractivity contribution in [2.24, 2.45) is 5.92 Å². The van der Waals surface area contributed by atoms with Gasteiger partial charge in [0, 0.05) is 11.1 Å². The number of amides is 1. The molecule has 0 aliphatic heterocycles. The summed E-state index contributed by atoms with van der Waals surface area (Å²) >= 11 is 5.94. The number of halogens is 1. The molecule has 19 heavy (non-hydrogen) atoms. The largest absolute Gasteiger partial charge is 0.480 e. The number of nitrogens with one attached hydrogen (secondary N) is 1. The minimum absolute atomic E-state index is 0.185. The average molecular weight is 282 g/mol. The van der Waals surface area contributed by atoms with E-state index in [1.165, 1.54) is 6.08 Å². The lowest BCUT2D eigenvalue weighted by molar-refractivity contribution is -0.142. The molecule has 0 aliphatic rings. The predicted molar refractivity (Wildman–Crippen MR) is 74.9 cm³/mol. The first-order valence-corrected chi connectivity index (χ1v) is 6.25. The molecule has 5 heteroatoms. The minimum Gasteiger partial charge on any atom is -0.480 e. The molecule has 0 saturated carbocycles. The maximum atomic E-state index is 11.6. The van der Waals surface area contributed by atoms with Crippen LogP contribution < -0.4 is 5.32 Å². The number of benzene rings is 1. The highest BCUT2D eigenvalue weighted by Crippen LogP contribution is 2.16. The summed E-state index contributed by atoms with van der Waals surface area (Å²) in [5.41, 5.74) is 0.704. The second-order valence-corrected chi connectivity index (χ2v) is 4.83. The zero-order valence-electron chi connectivity index (χ0n) is 10.8. The molecule has 1 atom stereocenters. The van der Waals surface area contributed by atoms with E-state index in [2.05, 4.69) is 5.32 Å². The topological polar surface area (TPSA) is 66.4 Å². The lowest BCUT2D eigenvalue weighted by Crippen LogP contribution is -2.43. The number of hydrogen-bond acceptors (Lipinski definition) is 2. The molecule has 0 radical (unpaired) electrons. The van der Waals surface area contributed by atoms with E-state index in [4.69, 9.17) is 16.7 Å². The molecule has 102 valence electrons. The molecule has 2 N–H and O–H groups in total. The van der Waals surface area contributed by atoms with E-state index in [0.29, 0.717) is 10.6 Å². The monoisotopic (exact) mass is 281 g/mol. The Morgan fingerprint density at radius 1 is 1.32 bits per heavy atom. The van der Waals surface area contributed by atoms with Crippen molar-refractivity contribution in [3.63, 3.8) is 0 Å². The van der Waals surface area contributed by atoms with Gasteiger partial charge in [-0.05, 0) is 23.6 Å². The summed E-state index contributed by atoms with van der Waals surface area (Å²) in [7, 11) is 0. The van der Waals surface area contributed by atoms with Gasteiger partial charge in [0.2, 0.25) is 5.91 Å². The van der Waals surface area contributed by atoms with Crippen molar-refractivity contribution in [2.45, 2.75) is 19.9 Å². The molecule has 0 bridgehead atoms. The zero-order valence-corrected chi connectivity index (χ0v) is 11.5. The molecule has 1 amide bonds. The van der Waals surface area contributed by atoms with E-state index in [0.717, 1.165) is 0 Å². The van der Waals surface area contributed by atoms with Gasteiger partial charge in [-0.15, -0.1) is 0 Å². The van der Waals surface area contributed by atoms with Gasteiger partial charge in [-0.2, -0.15) is 0 Å². The molecule has 0 saturated heterocycles. The van der Waals surface area contributed by atoms with Crippen LogP contribution in [0.5, 0.6) is 0 Å². The first-order valence-electron chi connectivity index (χ1n) is 5.87. The van der Waals surface area contributed by atoms with Gasteiger partial charge >= 0.3 is 5.97 Å². The highest BCUT2D eigenvalue weighted by Gasteiger charge is 2.22. The van der Waals surface area contributed by atoms with Crippen molar-refractivity contribution in [3.05, 3.63) is 40.9 Å². The van der Waals surface area contributed by atoms with E-state index in [1.807, 2.05) is 0 Å². The van der Waals surface area contributed by atoms with Gasteiger partial charge in [0.25, 0.3) is 0 Å². The van der Waals surface area contributed by atoms with Crippen LogP contribution in [0.4, 0.5) is 0 Å². The Morgan fingerprint density at radius 3 is 2.47 bits per heavy atom. The van der Waals surface area contributed by atoms with Gasteiger partial charge in [0.15, 0.2) is 0 Å².